The summed E-state index contributed by atoms with van der Waals surface area (Å²) in [7, 11) is 0. The molecule has 33 heavy (non-hydrogen) atoms. The van der Waals surface area contributed by atoms with Crippen molar-refractivity contribution in [1.82, 2.24) is 9.80 Å². The van der Waals surface area contributed by atoms with Crippen LogP contribution >= 0.6 is 0 Å². The molecule has 1 heterocycles. The second kappa shape index (κ2) is 10.4. The summed E-state index contributed by atoms with van der Waals surface area (Å²) >= 11 is 0. The van der Waals surface area contributed by atoms with Crippen molar-refractivity contribution in [3.63, 3.8) is 0 Å². The van der Waals surface area contributed by atoms with E-state index in [9.17, 15) is 14.7 Å². The Morgan fingerprint density at radius 1 is 1.09 bits per heavy atom. The number of benzene rings is 2. The number of piperidine rings is 1. The zero-order valence-corrected chi connectivity index (χ0v) is 19.5. The summed E-state index contributed by atoms with van der Waals surface area (Å²) in [6.45, 7) is 5.86. The smallest absolute Gasteiger partial charge is 0.253 e. The largest absolute Gasteiger partial charge is 0.508 e. The van der Waals surface area contributed by atoms with Crippen molar-refractivity contribution in [2.24, 2.45) is 11.7 Å². The first-order valence-corrected chi connectivity index (χ1v) is 12.2. The van der Waals surface area contributed by atoms with Gasteiger partial charge in [0.25, 0.3) is 5.91 Å². The van der Waals surface area contributed by atoms with E-state index in [1.165, 1.54) is 5.56 Å². The first-order chi connectivity index (χ1) is 16.0. The fourth-order valence-electron chi connectivity index (χ4n) is 5.43. The predicted molar refractivity (Wildman–Crippen MR) is 129 cm³/mol. The van der Waals surface area contributed by atoms with Crippen LogP contribution in [0.4, 0.5) is 0 Å². The highest BCUT2D eigenvalue weighted by Gasteiger charge is 2.29. The number of hydrogen-bond acceptors (Lipinski definition) is 4. The van der Waals surface area contributed by atoms with Gasteiger partial charge in [0.2, 0.25) is 5.91 Å². The van der Waals surface area contributed by atoms with Gasteiger partial charge in [-0.05, 0) is 86.4 Å². The van der Waals surface area contributed by atoms with Crippen LogP contribution < -0.4 is 5.73 Å². The topological polar surface area (TPSA) is 86.9 Å². The van der Waals surface area contributed by atoms with Crippen molar-refractivity contribution in [3.05, 3.63) is 64.7 Å². The Hall–Kier alpha value is -2.86. The molecule has 1 aliphatic carbocycles. The Bertz CT molecular complexity index is 998. The molecule has 2 amide bonds. The zero-order chi connectivity index (χ0) is 23.4. The van der Waals surface area contributed by atoms with Crippen molar-refractivity contribution >= 4 is 11.8 Å². The number of carbonyl (C=O) groups excluding carboxylic acids is 2. The molecule has 1 atom stereocenters. The minimum Gasteiger partial charge on any atom is -0.508 e. The number of hydrogen-bond donors (Lipinski definition) is 2. The normalized spacial score (nSPS) is 18.8. The molecular weight excluding hydrogens is 414 g/mol. The average molecular weight is 450 g/mol. The van der Waals surface area contributed by atoms with Crippen LogP contribution in [-0.4, -0.2) is 58.9 Å². The van der Waals surface area contributed by atoms with E-state index in [1.807, 2.05) is 11.0 Å². The Morgan fingerprint density at radius 2 is 1.82 bits per heavy atom. The Kier molecular flexibility index (Phi) is 7.33. The summed E-state index contributed by atoms with van der Waals surface area (Å²) in [5.41, 5.74) is 8.67. The lowest BCUT2D eigenvalue weighted by Gasteiger charge is -2.39. The number of nitrogens with two attached hydrogens (primary N) is 1. The van der Waals surface area contributed by atoms with Crippen LogP contribution in [0, 0.1) is 5.92 Å². The third-order valence-electron chi connectivity index (χ3n) is 7.25. The van der Waals surface area contributed by atoms with E-state index in [1.54, 1.807) is 30.3 Å². The molecule has 0 saturated carbocycles. The van der Waals surface area contributed by atoms with Gasteiger partial charge in [-0.1, -0.05) is 25.1 Å². The third kappa shape index (κ3) is 5.38. The molecule has 0 aromatic heterocycles. The van der Waals surface area contributed by atoms with Gasteiger partial charge in [0.15, 0.2) is 0 Å². The van der Waals surface area contributed by atoms with Crippen molar-refractivity contribution in [1.29, 1.82) is 0 Å². The first kappa shape index (κ1) is 23.3. The summed E-state index contributed by atoms with van der Waals surface area (Å²) in [4.78, 5) is 28.9. The minimum atomic E-state index is -0.514. The molecule has 1 fully saturated rings. The predicted octanol–water partition coefficient (Wildman–Crippen LogP) is 3.61. The molecule has 0 radical (unpaired) electrons. The van der Waals surface area contributed by atoms with Crippen LogP contribution in [0.15, 0.2) is 42.5 Å². The van der Waals surface area contributed by atoms with Crippen molar-refractivity contribution in [3.8, 4) is 5.75 Å². The van der Waals surface area contributed by atoms with Gasteiger partial charge in [-0.2, -0.15) is 0 Å². The van der Waals surface area contributed by atoms with E-state index in [0.29, 0.717) is 28.8 Å². The second-order valence-electron chi connectivity index (χ2n) is 9.49. The second-order valence-corrected chi connectivity index (χ2v) is 9.49. The maximum Gasteiger partial charge on any atom is 0.253 e. The third-order valence-corrected chi connectivity index (χ3v) is 7.25. The van der Waals surface area contributed by atoms with E-state index in [0.717, 1.165) is 70.3 Å². The molecule has 2 aliphatic rings. The highest BCUT2D eigenvalue weighted by atomic mass is 16.3. The molecule has 1 saturated heterocycles. The summed E-state index contributed by atoms with van der Waals surface area (Å²) in [6, 6.07) is 13.1. The van der Waals surface area contributed by atoms with Crippen LogP contribution in [0.1, 0.15) is 64.4 Å². The summed E-state index contributed by atoms with van der Waals surface area (Å²) in [5, 5.41) is 10.2. The maximum absolute atomic E-state index is 12.9. The quantitative estimate of drug-likeness (QED) is 0.676. The van der Waals surface area contributed by atoms with E-state index >= 15 is 0 Å². The van der Waals surface area contributed by atoms with Gasteiger partial charge < -0.3 is 15.7 Å². The molecule has 2 aromatic rings. The lowest BCUT2D eigenvalue weighted by atomic mass is 9.86. The van der Waals surface area contributed by atoms with Crippen molar-refractivity contribution in [2.45, 2.75) is 51.5 Å². The fraction of sp³-hybridized carbons (Fsp3) is 0.481. The van der Waals surface area contributed by atoms with E-state index < -0.39 is 5.91 Å². The molecule has 0 spiro atoms. The molecule has 176 valence electrons. The van der Waals surface area contributed by atoms with Gasteiger partial charge >= 0.3 is 0 Å². The maximum atomic E-state index is 12.9. The first-order valence-electron chi connectivity index (χ1n) is 12.2. The van der Waals surface area contributed by atoms with E-state index in [2.05, 4.69) is 17.9 Å². The minimum absolute atomic E-state index is 0.0225. The summed E-state index contributed by atoms with van der Waals surface area (Å²) < 4.78 is 0. The van der Waals surface area contributed by atoms with Gasteiger partial charge in [0.1, 0.15) is 5.75 Å². The Balaban J connectivity index is 1.34. The van der Waals surface area contributed by atoms with Crippen LogP contribution in [0.2, 0.25) is 0 Å². The van der Waals surface area contributed by atoms with Gasteiger partial charge in [0.05, 0.1) is 0 Å². The number of primary amides is 1. The van der Waals surface area contributed by atoms with Crippen molar-refractivity contribution in [2.75, 3.05) is 26.2 Å². The van der Waals surface area contributed by atoms with Crippen LogP contribution in [-0.2, 0) is 12.8 Å². The molecule has 3 N–H and O–H groups in total. The molecule has 4 rings (SSSR count). The number of carbonyl (C=O) groups is 2. The lowest BCUT2D eigenvalue weighted by molar-refractivity contribution is 0.0642. The molecular formula is C27H35N3O3. The van der Waals surface area contributed by atoms with Gasteiger partial charge in [-0.3, -0.25) is 14.5 Å². The van der Waals surface area contributed by atoms with Crippen LogP contribution in [0.25, 0.3) is 0 Å². The summed E-state index contributed by atoms with van der Waals surface area (Å²) in [5.74, 6) is 0.472. The van der Waals surface area contributed by atoms with Gasteiger partial charge in [0, 0.05) is 36.8 Å². The number of nitrogens with zero attached hydrogens (tertiary/aromatic N) is 2. The highest BCUT2D eigenvalue weighted by molar-refractivity contribution is 5.99. The SMILES string of the molecule is CCCN(CC1CCN(C(=O)c2cccc(C(N)=O)c2)CC1)C1CCc2c(O)cccc2C1. The fourth-order valence-corrected chi connectivity index (χ4v) is 5.43. The number of aromatic hydroxyl groups is 1. The molecule has 1 aliphatic heterocycles. The standard InChI is InChI=1S/C27H35N3O3/c1-2-13-30(23-9-10-24-20(17-23)5-4-8-25(24)31)18-19-11-14-29(15-12-19)27(33)22-7-3-6-21(16-22)26(28)32/h3-8,16,19,23,31H,2,9-15,17-18H2,1H3,(H2,28,32). The van der Waals surface area contributed by atoms with Gasteiger partial charge in [-0.15, -0.1) is 0 Å². The zero-order valence-electron chi connectivity index (χ0n) is 19.5. The Morgan fingerprint density at radius 3 is 2.55 bits per heavy atom. The average Bonchev–Trinajstić information content (AvgIpc) is 2.84. The monoisotopic (exact) mass is 449 g/mol. The van der Waals surface area contributed by atoms with E-state index in [4.69, 9.17) is 5.73 Å². The number of phenolic OH excluding ortho intramolecular Hbond substituents is 1. The molecule has 6 nitrogen and oxygen atoms in total. The van der Waals surface area contributed by atoms with E-state index in [-0.39, 0.29) is 5.91 Å². The van der Waals surface area contributed by atoms with Gasteiger partial charge in [-0.25, -0.2) is 0 Å². The lowest BCUT2D eigenvalue weighted by Crippen LogP contribution is -2.46. The Labute approximate surface area is 196 Å². The van der Waals surface area contributed by atoms with Crippen molar-refractivity contribution < 1.29 is 14.7 Å². The number of likely N-dealkylation sites (tertiary alicyclic amines) is 1. The van der Waals surface area contributed by atoms with Crippen LogP contribution in [0.5, 0.6) is 5.75 Å². The van der Waals surface area contributed by atoms with Crippen LogP contribution in [0.3, 0.4) is 0 Å². The number of phenols is 1. The number of rotatable bonds is 7. The number of amides is 2. The molecule has 2 aromatic carbocycles. The molecule has 6 heteroatoms. The molecule has 1 unspecified atom stereocenters. The summed E-state index contributed by atoms with van der Waals surface area (Å²) in [6.07, 6.45) is 6.12. The number of fused-ring (bicyclic) bond motifs is 1. The molecule has 0 bridgehead atoms. The highest BCUT2D eigenvalue weighted by Crippen LogP contribution is 2.32.